The van der Waals surface area contributed by atoms with Crippen molar-refractivity contribution in [2.75, 3.05) is 31.1 Å². The molecule has 0 bridgehead atoms. The summed E-state index contributed by atoms with van der Waals surface area (Å²) >= 11 is 0. The van der Waals surface area contributed by atoms with Crippen LogP contribution in [-0.4, -0.2) is 63.9 Å². The lowest BCUT2D eigenvalue weighted by Crippen LogP contribution is -2.57. The van der Waals surface area contributed by atoms with Crippen molar-refractivity contribution < 1.29 is 32.7 Å². The lowest BCUT2D eigenvalue weighted by molar-refractivity contribution is -0.384. The van der Waals surface area contributed by atoms with Gasteiger partial charge in [0.25, 0.3) is 0 Å². The van der Waals surface area contributed by atoms with Gasteiger partial charge in [-0.2, -0.15) is 13.2 Å². The number of amides is 1. The number of rotatable bonds is 3. The number of alkyl halides is 3. The van der Waals surface area contributed by atoms with E-state index in [-0.39, 0.29) is 25.5 Å². The Morgan fingerprint density at radius 1 is 1.39 bits per heavy atom. The molecule has 1 amide bonds. The average Bonchev–Trinajstić information content (AvgIpc) is 2.58. The van der Waals surface area contributed by atoms with E-state index < -0.39 is 46.7 Å². The minimum Gasteiger partial charge on any atom is -0.444 e. The van der Waals surface area contributed by atoms with Crippen molar-refractivity contribution >= 4 is 17.6 Å². The highest BCUT2D eigenvalue weighted by Gasteiger charge is 2.38. The molecule has 0 aliphatic carbocycles. The van der Waals surface area contributed by atoms with Crippen molar-refractivity contribution in [3.8, 4) is 0 Å². The van der Waals surface area contributed by atoms with Gasteiger partial charge in [-0.15, -0.1) is 0 Å². The Kier molecular flexibility index (Phi) is 6.02. The SMILES string of the molecule is CC(C)(C)OC(=O)N1CCN(c2ncc(C(F)(F)F)cc2[N+](=O)[O-])[C@H](CO)C1. The zero-order chi connectivity index (χ0) is 21.3. The summed E-state index contributed by atoms with van der Waals surface area (Å²) in [6, 6.07) is -0.374. The van der Waals surface area contributed by atoms with E-state index in [1.54, 1.807) is 20.8 Å². The molecule has 1 aliphatic heterocycles. The van der Waals surface area contributed by atoms with E-state index in [9.17, 15) is 33.2 Å². The predicted molar refractivity (Wildman–Crippen MR) is 91.9 cm³/mol. The van der Waals surface area contributed by atoms with Crippen LogP contribution in [0.15, 0.2) is 12.3 Å². The van der Waals surface area contributed by atoms with Crippen LogP contribution in [0.5, 0.6) is 0 Å². The molecule has 0 unspecified atom stereocenters. The number of ether oxygens (including phenoxy) is 1. The van der Waals surface area contributed by atoms with Gasteiger partial charge in [-0.25, -0.2) is 9.78 Å². The van der Waals surface area contributed by atoms with E-state index in [0.717, 1.165) is 0 Å². The Balaban J connectivity index is 2.29. The first-order valence-electron chi connectivity index (χ1n) is 8.40. The van der Waals surface area contributed by atoms with Crippen LogP contribution in [0.4, 0.5) is 29.5 Å². The second-order valence-corrected chi connectivity index (χ2v) is 7.28. The molecule has 0 radical (unpaired) electrons. The summed E-state index contributed by atoms with van der Waals surface area (Å²) in [5.41, 5.74) is -2.79. The molecule has 1 atom stereocenters. The largest absolute Gasteiger partial charge is 0.444 e. The lowest BCUT2D eigenvalue weighted by atomic mass is 10.1. The van der Waals surface area contributed by atoms with Gasteiger partial charge >= 0.3 is 18.0 Å². The zero-order valence-electron chi connectivity index (χ0n) is 15.6. The Bertz CT molecular complexity index is 751. The number of pyridine rings is 1. The highest BCUT2D eigenvalue weighted by Crippen LogP contribution is 2.35. The Labute approximate surface area is 158 Å². The molecular formula is C16H21F3N4O5. The van der Waals surface area contributed by atoms with E-state index in [0.29, 0.717) is 12.3 Å². The van der Waals surface area contributed by atoms with Crippen LogP contribution in [-0.2, 0) is 10.9 Å². The first-order valence-corrected chi connectivity index (χ1v) is 8.40. The molecule has 0 spiro atoms. The maximum atomic E-state index is 12.8. The number of carbonyl (C=O) groups is 1. The molecule has 2 rings (SSSR count). The van der Waals surface area contributed by atoms with Gasteiger partial charge in [0, 0.05) is 31.9 Å². The van der Waals surface area contributed by atoms with Gasteiger partial charge in [0.1, 0.15) is 5.60 Å². The summed E-state index contributed by atoms with van der Waals surface area (Å²) in [5.74, 6) is -0.291. The minimum absolute atomic E-state index is 0.0225. The fourth-order valence-electron chi connectivity index (χ4n) is 2.74. The van der Waals surface area contributed by atoms with Crippen LogP contribution in [0.25, 0.3) is 0 Å². The van der Waals surface area contributed by atoms with E-state index in [1.807, 2.05) is 0 Å². The molecular weight excluding hydrogens is 385 g/mol. The van der Waals surface area contributed by atoms with Crippen molar-refractivity contribution in [1.82, 2.24) is 9.88 Å². The van der Waals surface area contributed by atoms with E-state index in [2.05, 4.69) is 4.98 Å². The van der Waals surface area contributed by atoms with E-state index in [1.165, 1.54) is 9.80 Å². The van der Waals surface area contributed by atoms with Crippen molar-refractivity contribution in [3.63, 3.8) is 0 Å². The molecule has 1 aromatic rings. The van der Waals surface area contributed by atoms with Gasteiger partial charge in [-0.3, -0.25) is 10.1 Å². The molecule has 1 fully saturated rings. The summed E-state index contributed by atoms with van der Waals surface area (Å²) in [6.07, 6.45) is -4.88. The van der Waals surface area contributed by atoms with E-state index >= 15 is 0 Å². The number of hydrogen-bond acceptors (Lipinski definition) is 7. The quantitative estimate of drug-likeness (QED) is 0.606. The summed E-state index contributed by atoms with van der Waals surface area (Å²) in [5, 5.41) is 21.0. The van der Waals surface area contributed by atoms with Gasteiger partial charge in [-0.05, 0) is 20.8 Å². The molecule has 1 aromatic heterocycles. The van der Waals surface area contributed by atoms with Crippen LogP contribution in [0.3, 0.4) is 0 Å². The maximum Gasteiger partial charge on any atom is 0.418 e. The Hall–Kier alpha value is -2.63. The number of nitrogens with zero attached hydrogens (tertiary/aromatic N) is 4. The fraction of sp³-hybridized carbons (Fsp3) is 0.625. The fourth-order valence-corrected chi connectivity index (χ4v) is 2.74. The van der Waals surface area contributed by atoms with Crippen molar-refractivity contribution in [2.45, 2.75) is 38.6 Å². The number of aliphatic hydroxyl groups is 1. The number of aromatic nitrogens is 1. The number of nitro groups is 1. The number of carbonyl (C=O) groups excluding carboxylic acids is 1. The van der Waals surface area contributed by atoms with Crippen molar-refractivity contribution in [1.29, 1.82) is 0 Å². The molecule has 12 heteroatoms. The third kappa shape index (κ3) is 5.00. The van der Waals surface area contributed by atoms with Crippen LogP contribution in [0, 0.1) is 10.1 Å². The minimum atomic E-state index is -4.78. The van der Waals surface area contributed by atoms with Crippen LogP contribution >= 0.6 is 0 Å². The van der Waals surface area contributed by atoms with E-state index in [4.69, 9.17) is 4.74 Å². The van der Waals surface area contributed by atoms with Gasteiger partial charge in [-0.1, -0.05) is 0 Å². The molecule has 1 aliphatic rings. The van der Waals surface area contributed by atoms with Gasteiger partial charge in [0.15, 0.2) is 0 Å². The maximum absolute atomic E-state index is 12.8. The zero-order valence-corrected chi connectivity index (χ0v) is 15.6. The summed E-state index contributed by atoms with van der Waals surface area (Å²) in [6.45, 7) is 4.71. The molecule has 28 heavy (non-hydrogen) atoms. The molecule has 156 valence electrons. The number of anilines is 1. The first-order chi connectivity index (χ1) is 12.8. The molecule has 0 aromatic carbocycles. The third-order valence-electron chi connectivity index (χ3n) is 3.99. The second kappa shape index (κ2) is 7.78. The smallest absolute Gasteiger partial charge is 0.418 e. The van der Waals surface area contributed by atoms with Crippen LogP contribution < -0.4 is 4.90 Å². The summed E-state index contributed by atoms with van der Waals surface area (Å²) < 4.78 is 43.8. The molecule has 1 saturated heterocycles. The molecule has 9 nitrogen and oxygen atoms in total. The molecule has 0 saturated carbocycles. The van der Waals surface area contributed by atoms with Gasteiger partial charge in [0.05, 0.1) is 23.1 Å². The predicted octanol–water partition coefficient (Wildman–Crippen LogP) is 2.43. The second-order valence-electron chi connectivity index (χ2n) is 7.28. The number of aliphatic hydroxyl groups excluding tert-OH is 1. The van der Waals surface area contributed by atoms with Crippen molar-refractivity contribution in [2.24, 2.45) is 0 Å². The standard InChI is InChI=1S/C16H21F3N4O5/c1-15(2,3)28-14(25)21-4-5-22(11(8-21)9-24)13-12(23(26)27)6-10(7-20-13)16(17,18)19/h6-7,11,24H,4-5,8-9H2,1-3H3/t11-/m0/s1. The number of halogens is 3. The summed E-state index contributed by atoms with van der Waals surface area (Å²) in [7, 11) is 0. The highest BCUT2D eigenvalue weighted by molar-refractivity contribution is 5.69. The number of piperazine rings is 1. The lowest BCUT2D eigenvalue weighted by Gasteiger charge is -2.41. The monoisotopic (exact) mass is 406 g/mol. The van der Waals surface area contributed by atoms with Gasteiger partial charge in [0.2, 0.25) is 5.82 Å². The topological polar surface area (TPSA) is 109 Å². The average molecular weight is 406 g/mol. The third-order valence-corrected chi connectivity index (χ3v) is 3.99. The van der Waals surface area contributed by atoms with Gasteiger partial charge < -0.3 is 19.6 Å². The Morgan fingerprint density at radius 3 is 2.54 bits per heavy atom. The first kappa shape index (κ1) is 21.7. The molecule has 1 N–H and O–H groups in total. The molecule has 2 heterocycles. The Morgan fingerprint density at radius 2 is 2.04 bits per heavy atom. The highest BCUT2D eigenvalue weighted by atomic mass is 19.4. The normalized spacial score (nSPS) is 18.2. The summed E-state index contributed by atoms with van der Waals surface area (Å²) in [4.78, 5) is 28.8. The van der Waals surface area contributed by atoms with Crippen molar-refractivity contribution in [3.05, 3.63) is 27.9 Å². The number of hydrogen-bond donors (Lipinski definition) is 1. The van der Waals surface area contributed by atoms with Crippen LogP contribution in [0.2, 0.25) is 0 Å². The van der Waals surface area contributed by atoms with Crippen LogP contribution in [0.1, 0.15) is 26.3 Å².